The Morgan fingerprint density at radius 3 is 2.12 bits per heavy atom. The Morgan fingerprint density at radius 2 is 1.24 bits per heavy atom. The van der Waals surface area contributed by atoms with Gasteiger partial charge in [0.25, 0.3) is 0 Å². The molecule has 7 aromatic carbocycles. The van der Waals surface area contributed by atoms with Crippen LogP contribution in [0, 0.1) is 0 Å². The number of para-hydroxylation sites is 1. The molecular formula is C46H32N2O. The van der Waals surface area contributed by atoms with Crippen LogP contribution in [0.3, 0.4) is 0 Å². The van der Waals surface area contributed by atoms with Crippen molar-refractivity contribution in [3.05, 3.63) is 169 Å². The van der Waals surface area contributed by atoms with E-state index in [9.17, 15) is 0 Å². The summed E-state index contributed by atoms with van der Waals surface area (Å²) in [5.41, 5.74) is 12.7. The third kappa shape index (κ3) is 4.19. The first-order chi connectivity index (χ1) is 24.0. The predicted molar refractivity (Wildman–Crippen MR) is 204 cm³/mol. The molecule has 2 heterocycles. The number of hydrogen-bond acceptors (Lipinski definition) is 3. The van der Waals surface area contributed by atoms with Gasteiger partial charge in [-0.1, -0.05) is 105 Å². The molecule has 0 radical (unpaired) electrons. The Kier molecular flexibility index (Phi) is 5.92. The molecule has 10 rings (SSSR count). The number of anilines is 3. The normalized spacial score (nSPS) is 13.3. The number of pyridine rings is 1. The summed E-state index contributed by atoms with van der Waals surface area (Å²) in [7, 11) is 0. The van der Waals surface area contributed by atoms with Gasteiger partial charge in [-0.25, -0.2) is 0 Å². The molecule has 0 unspecified atom stereocenters. The second-order valence-electron chi connectivity index (χ2n) is 13.6. The Bertz CT molecular complexity index is 2740. The molecular weight excluding hydrogens is 597 g/mol. The van der Waals surface area contributed by atoms with Gasteiger partial charge in [0.15, 0.2) is 0 Å². The molecule has 232 valence electrons. The van der Waals surface area contributed by atoms with Crippen LogP contribution in [0.4, 0.5) is 17.1 Å². The monoisotopic (exact) mass is 628 g/mol. The van der Waals surface area contributed by atoms with Crippen molar-refractivity contribution in [1.29, 1.82) is 0 Å². The van der Waals surface area contributed by atoms with Gasteiger partial charge in [-0.2, -0.15) is 0 Å². The summed E-state index contributed by atoms with van der Waals surface area (Å²) in [5, 5.41) is 6.98. The summed E-state index contributed by atoms with van der Waals surface area (Å²) in [6.07, 6.45) is 3.73. The zero-order chi connectivity index (χ0) is 32.7. The van der Waals surface area contributed by atoms with Gasteiger partial charge >= 0.3 is 0 Å². The molecule has 0 saturated heterocycles. The van der Waals surface area contributed by atoms with E-state index in [4.69, 9.17) is 4.42 Å². The lowest BCUT2D eigenvalue weighted by Gasteiger charge is -2.28. The van der Waals surface area contributed by atoms with Crippen molar-refractivity contribution in [2.75, 3.05) is 4.90 Å². The van der Waals surface area contributed by atoms with E-state index in [2.05, 4.69) is 157 Å². The first-order valence-corrected chi connectivity index (χ1v) is 16.9. The quantitative estimate of drug-likeness (QED) is 0.182. The van der Waals surface area contributed by atoms with Crippen LogP contribution < -0.4 is 4.90 Å². The van der Waals surface area contributed by atoms with Gasteiger partial charge in [-0.15, -0.1) is 0 Å². The van der Waals surface area contributed by atoms with Gasteiger partial charge in [0.1, 0.15) is 11.2 Å². The molecule has 3 heteroatoms. The molecule has 1 aliphatic rings. The fraction of sp³-hybridized carbons (Fsp3) is 0.0652. The van der Waals surface area contributed by atoms with Crippen molar-refractivity contribution in [3.63, 3.8) is 0 Å². The lowest BCUT2D eigenvalue weighted by Crippen LogP contribution is -2.16. The molecule has 0 bridgehead atoms. The van der Waals surface area contributed by atoms with Gasteiger partial charge in [0, 0.05) is 51.0 Å². The van der Waals surface area contributed by atoms with E-state index in [1.54, 1.807) is 0 Å². The standard InChI is InChI=1S/C46H32N2O/c1-46(2)41-11-5-3-9-37(41)38-24-21-35(27-42(38)46)48(33-18-15-29(16-19-33)32-8-7-25-47-28-32)34-20-23-36-31(26-34)14-13-30-17-22-40-39-10-4-6-12-43(39)49-45(40)44(30)36/h3-28H,1-2H3. The topological polar surface area (TPSA) is 29.3 Å². The van der Waals surface area contributed by atoms with Crippen LogP contribution in [0.5, 0.6) is 0 Å². The van der Waals surface area contributed by atoms with E-state index >= 15 is 0 Å². The van der Waals surface area contributed by atoms with E-state index in [1.165, 1.54) is 38.4 Å². The Balaban J connectivity index is 1.17. The SMILES string of the molecule is CC1(C)c2ccccc2-c2ccc(N(c3ccc(-c4cccnc4)cc3)c3ccc4c(ccc5ccc6c7ccccc7oc6c54)c3)cc21. The predicted octanol–water partition coefficient (Wildman–Crippen LogP) is 12.7. The van der Waals surface area contributed by atoms with Crippen LogP contribution in [-0.4, -0.2) is 4.98 Å². The van der Waals surface area contributed by atoms with Gasteiger partial charge in [0.05, 0.1) is 0 Å². The molecule has 0 saturated carbocycles. The number of aromatic nitrogens is 1. The highest BCUT2D eigenvalue weighted by Gasteiger charge is 2.35. The lowest BCUT2D eigenvalue weighted by molar-refractivity contribution is 0.660. The average Bonchev–Trinajstić information content (AvgIpc) is 3.64. The Labute approximate surface area is 284 Å². The molecule has 0 amide bonds. The summed E-state index contributed by atoms with van der Waals surface area (Å²) < 4.78 is 6.51. The molecule has 1 aliphatic carbocycles. The van der Waals surface area contributed by atoms with Crippen LogP contribution in [0.2, 0.25) is 0 Å². The van der Waals surface area contributed by atoms with E-state index in [0.29, 0.717) is 0 Å². The number of fused-ring (bicyclic) bond motifs is 10. The van der Waals surface area contributed by atoms with Crippen LogP contribution in [0.25, 0.3) is 65.7 Å². The van der Waals surface area contributed by atoms with Crippen molar-refractivity contribution in [3.8, 4) is 22.3 Å². The van der Waals surface area contributed by atoms with Gasteiger partial charge in [-0.05, 0) is 104 Å². The maximum absolute atomic E-state index is 6.51. The molecule has 0 atom stereocenters. The van der Waals surface area contributed by atoms with E-state index in [0.717, 1.165) is 55.5 Å². The van der Waals surface area contributed by atoms with Crippen LogP contribution in [0.15, 0.2) is 162 Å². The third-order valence-electron chi connectivity index (χ3n) is 10.5. The van der Waals surface area contributed by atoms with Crippen molar-refractivity contribution >= 4 is 60.5 Å². The van der Waals surface area contributed by atoms with Crippen molar-refractivity contribution in [1.82, 2.24) is 4.98 Å². The number of nitrogens with zero attached hydrogens (tertiary/aromatic N) is 2. The second-order valence-corrected chi connectivity index (χ2v) is 13.6. The summed E-state index contributed by atoms with van der Waals surface area (Å²) >= 11 is 0. The van der Waals surface area contributed by atoms with E-state index in [-0.39, 0.29) is 5.41 Å². The van der Waals surface area contributed by atoms with Gasteiger partial charge in [0.2, 0.25) is 0 Å². The van der Waals surface area contributed by atoms with Gasteiger partial charge in [-0.3, -0.25) is 4.98 Å². The smallest absolute Gasteiger partial charge is 0.143 e. The van der Waals surface area contributed by atoms with Crippen LogP contribution in [0.1, 0.15) is 25.0 Å². The zero-order valence-electron chi connectivity index (χ0n) is 27.3. The highest BCUT2D eigenvalue weighted by Crippen LogP contribution is 2.51. The fourth-order valence-electron chi connectivity index (χ4n) is 8.07. The maximum atomic E-state index is 6.51. The van der Waals surface area contributed by atoms with Crippen molar-refractivity contribution in [2.24, 2.45) is 0 Å². The van der Waals surface area contributed by atoms with E-state index in [1.807, 2.05) is 24.5 Å². The maximum Gasteiger partial charge on any atom is 0.143 e. The van der Waals surface area contributed by atoms with Crippen molar-refractivity contribution < 1.29 is 4.42 Å². The molecule has 0 N–H and O–H groups in total. The highest BCUT2D eigenvalue weighted by molar-refractivity contribution is 6.23. The van der Waals surface area contributed by atoms with Crippen LogP contribution in [-0.2, 0) is 5.41 Å². The molecule has 2 aromatic heterocycles. The summed E-state index contributed by atoms with van der Waals surface area (Å²) in [6, 6.07) is 52.7. The first kappa shape index (κ1) is 27.9. The highest BCUT2D eigenvalue weighted by atomic mass is 16.3. The third-order valence-corrected chi connectivity index (χ3v) is 10.5. The van der Waals surface area contributed by atoms with Crippen LogP contribution >= 0.6 is 0 Å². The molecule has 0 spiro atoms. The summed E-state index contributed by atoms with van der Waals surface area (Å²) in [5.74, 6) is 0. The molecule has 0 aliphatic heterocycles. The number of rotatable bonds is 4. The summed E-state index contributed by atoms with van der Waals surface area (Å²) in [4.78, 5) is 6.73. The first-order valence-electron chi connectivity index (χ1n) is 16.9. The molecule has 9 aromatic rings. The molecule has 49 heavy (non-hydrogen) atoms. The second kappa shape index (κ2) is 10.4. The zero-order valence-corrected chi connectivity index (χ0v) is 27.3. The molecule has 3 nitrogen and oxygen atoms in total. The number of benzene rings is 7. The minimum atomic E-state index is -0.0992. The largest absolute Gasteiger partial charge is 0.455 e. The fourth-order valence-corrected chi connectivity index (χ4v) is 8.07. The Morgan fingerprint density at radius 1 is 0.531 bits per heavy atom. The number of hydrogen-bond donors (Lipinski definition) is 0. The summed E-state index contributed by atoms with van der Waals surface area (Å²) in [6.45, 7) is 4.68. The van der Waals surface area contributed by atoms with Crippen molar-refractivity contribution in [2.45, 2.75) is 19.3 Å². The lowest BCUT2D eigenvalue weighted by atomic mass is 9.82. The Hall–Kier alpha value is -6.19. The van der Waals surface area contributed by atoms with E-state index < -0.39 is 0 Å². The van der Waals surface area contributed by atoms with Gasteiger partial charge < -0.3 is 9.32 Å². The molecule has 0 fully saturated rings. The minimum Gasteiger partial charge on any atom is -0.455 e. The minimum absolute atomic E-state index is 0.0992. The number of furan rings is 1. The average molecular weight is 629 g/mol.